The largest absolute Gasteiger partial charge is 0.419 e. The Hall–Kier alpha value is -1.69. The van der Waals surface area contributed by atoms with Crippen LogP contribution in [0.5, 0.6) is 0 Å². The van der Waals surface area contributed by atoms with Crippen LogP contribution >= 0.6 is 22.9 Å². The maximum atomic E-state index is 5.97. The van der Waals surface area contributed by atoms with E-state index in [2.05, 4.69) is 22.0 Å². The molecule has 0 saturated carbocycles. The van der Waals surface area contributed by atoms with Crippen molar-refractivity contribution < 1.29 is 4.42 Å². The van der Waals surface area contributed by atoms with Gasteiger partial charge in [-0.2, -0.15) is 0 Å². The van der Waals surface area contributed by atoms with Gasteiger partial charge in [0.05, 0.1) is 10.4 Å². The van der Waals surface area contributed by atoms with Crippen molar-refractivity contribution in [2.24, 2.45) is 0 Å². The summed E-state index contributed by atoms with van der Waals surface area (Å²) in [7, 11) is 2.03. The van der Waals surface area contributed by atoms with Crippen molar-refractivity contribution in [2.45, 2.75) is 19.5 Å². The van der Waals surface area contributed by atoms with E-state index in [1.54, 1.807) is 11.3 Å². The van der Waals surface area contributed by atoms with Crippen LogP contribution in [-0.4, -0.2) is 22.1 Å². The fourth-order valence-corrected chi connectivity index (χ4v) is 3.26. The van der Waals surface area contributed by atoms with Crippen LogP contribution in [0.1, 0.15) is 23.7 Å². The van der Waals surface area contributed by atoms with Crippen LogP contribution in [0.25, 0.3) is 11.5 Å². The molecule has 1 unspecified atom stereocenters. The van der Waals surface area contributed by atoms with Gasteiger partial charge in [-0.1, -0.05) is 29.8 Å². The van der Waals surface area contributed by atoms with Crippen molar-refractivity contribution in [2.75, 3.05) is 7.05 Å². The smallest absolute Gasteiger partial charge is 0.247 e. The zero-order valence-corrected chi connectivity index (χ0v) is 13.9. The Balaban J connectivity index is 1.72. The van der Waals surface area contributed by atoms with Gasteiger partial charge in [0.1, 0.15) is 0 Å². The Bertz CT molecular complexity index is 741. The molecule has 4 nitrogen and oxygen atoms in total. The highest BCUT2D eigenvalue weighted by atomic mass is 35.5. The second kappa shape index (κ2) is 6.60. The van der Waals surface area contributed by atoms with Gasteiger partial charge in [-0.25, -0.2) is 0 Å². The molecule has 0 N–H and O–H groups in total. The normalized spacial score (nSPS) is 12.7. The van der Waals surface area contributed by atoms with Crippen LogP contribution < -0.4 is 0 Å². The van der Waals surface area contributed by atoms with Crippen molar-refractivity contribution >= 4 is 22.9 Å². The average Bonchev–Trinajstić information content (AvgIpc) is 3.17. The summed E-state index contributed by atoms with van der Waals surface area (Å²) in [6, 6.07) is 13.8. The van der Waals surface area contributed by atoms with Crippen LogP contribution in [0.4, 0.5) is 0 Å². The number of nitrogens with zero attached hydrogens (tertiary/aromatic N) is 3. The molecular formula is C16H16ClN3OS. The molecule has 6 heteroatoms. The number of thiophene rings is 1. The first-order valence-corrected chi connectivity index (χ1v) is 8.16. The molecule has 2 heterocycles. The van der Waals surface area contributed by atoms with Crippen LogP contribution in [0.15, 0.2) is 46.9 Å². The minimum Gasteiger partial charge on any atom is -0.419 e. The van der Waals surface area contributed by atoms with E-state index in [4.69, 9.17) is 16.0 Å². The molecule has 0 amide bonds. The zero-order valence-electron chi connectivity index (χ0n) is 12.4. The SMILES string of the molecule is CC(c1nnc(-c2ccccc2)o1)N(C)Cc1ccc(Cl)s1. The summed E-state index contributed by atoms with van der Waals surface area (Å²) in [6.45, 7) is 2.85. The van der Waals surface area contributed by atoms with E-state index in [9.17, 15) is 0 Å². The van der Waals surface area contributed by atoms with Crippen molar-refractivity contribution in [3.05, 3.63) is 57.6 Å². The molecule has 1 aromatic carbocycles. The number of rotatable bonds is 5. The van der Waals surface area contributed by atoms with Crippen LogP contribution in [0.3, 0.4) is 0 Å². The molecular weight excluding hydrogens is 318 g/mol. The first-order valence-electron chi connectivity index (χ1n) is 6.97. The van der Waals surface area contributed by atoms with Gasteiger partial charge in [-0.3, -0.25) is 4.90 Å². The van der Waals surface area contributed by atoms with Crippen molar-refractivity contribution in [1.82, 2.24) is 15.1 Å². The lowest BCUT2D eigenvalue weighted by atomic mass is 10.2. The van der Waals surface area contributed by atoms with E-state index >= 15 is 0 Å². The van der Waals surface area contributed by atoms with Gasteiger partial charge < -0.3 is 4.42 Å². The molecule has 0 spiro atoms. The van der Waals surface area contributed by atoms with Gasteiger partial charge in [-0.05, 0) is 38.2 Å². The van der Waals surface area contributed by atoms with Gasteiger partial charge in [-0.15, -0.1) is 21.5 Å². The fraction of sp³-hybridized carbons (Fsp3) is 0.250. The lowest BCUT2D eigenvalue weighted by Crippen LogP contribution is -2.21. The second-order valence-corrected chi connectivity index (χ2v) is 6.91. The first kappa shape index (κ1) is 15.2. The molecule has 22 heavy (non-hydrogen) atoms. The van der Waals surface area contributed by atoms with Crippen LogP contribution in [0.2, 0.25) is 4.34 Å². The fourth-order valence-electron chi connectivity index (χ4n) is 2.11. The van der Waals surface area contributed by atoms with Gasteiger partial charge in [0.25, 0.3) is 0 Å². The van der Waals surface area contributed by atoms with Crippen LogP contribution in [0, 0.1) is 0 Å². The summed E-state index contributed by atoms with van der Waals surface area (Å²) >= 11 is 7.56. The van der Waals surface area contributed by atoms with Gasteiger partial charge in [0.15, 0.2) is 0 Å². The Labute approximate surface area is 138 Å². The number of aromatic nitrogens is 2. The van der Waals surface area contributed by atoms with Crippen molar-refractivity contribution in [1.29, 1.82) is 0 Å². The van der Waals surface area contributed by atoms with Crippen molar-refractivity contribution in [3.63, 3.8) is 0 Å². The Kier molecular flexibility index (Phi) is 4.57. The summed E-state index contributed by atoms with van der Waals surface area (Å²) in [5, 5.41) is 8.32. The highest BCUT2D eigenvalue weighted by molar-refractivity contribution is 7.16. The molecule has 2 aromatic heterocycles. The van der Waals surface area contributed by atoms with E-state index in [1.165, 1.54) is 4.88 Å². The number of benzene rings is 1. The van der Waals surface area contributed by atoms with Gasteiger partial charge >= 0.3 is 0 Å². The number of hydrogen-bond donors (Lipinski definition) is 0. The maximum absolute atomic E-state index is 5.97. The maximum Gasteiger partial charge on any atom is 0.247 e. The molecule has 0 saturated heterocycles. The monoisotopic (exact) mass is 333 g/mol. The molecule has 3 aromatic rings. The van der Waals surface area contributed by atoms with E-state index in [0.29, 0.717) is 11.8 Å². The molecule has 1 atom stereocenters. The third-order valence-electron chi connectivity index (χ3n) is 3.51. The predicted octanol–water partition coefficient (Wildman–Crippen LogP) is 4.64. The molecule has 114 valence electrons. The quantitative estimate of drug-likeness (QED) is 0.682. The number of hydrogen-bond acceptors (Lipinski definition) is 5. The third kappa shape index (κ3) is 3.38. The van der Waals surface area contributed by atoms with Crippen LogP contribution in [-0.2, 0) is 6.54 Å². The molecule has 0 aliphatic carbocycles. The van der Waals surface area contributed by atoms with Gasteiger partial charge in [0.2, 0.25) is 11.8 Å². The lowest BCUT2D eigenvalue weighted by Gasteiger charge is -2.20. The highest BCUT2D eigenvalue weighted by Crippen LogP contribution is 2.27. The Morgan fingerprint density at radius 2 is 1.95 bits per heavy atom. The molecule has 0 aliphatic heterocycles. The minimum absolute atomic E-state index is 0.0332. The molecule has 3 rings (SSSR count). The second-order valence-electron chi connectivity index (χ2n) is 5.11. The average molecular weight is 334 g/mol. The lowest BCUT2D eigenvalue weighted by molar-refractivity contribution is 0.219. The highest BCUT2D eigenvalue weighted by Gasteiger charge is 2.19. The van der Waals surface area contributed by atoms with E-state index in [0.717, 1.165) is 16.4 Å². The van der Waals surface area contributed by atoms with Gasteiger partial charge in [0, 0.05) is 17.0 Å². The first-order chi connectivity index (χ1) is 10.6. The third-order valence-corrected chi connectivity index (χ3v) is 4.73. The summed E-state index contributed by atoms with van der Waals surface area (Å²) in [5.41, 5.74) is 0.932. The van der Waals surface area contributed by atoms with Crippen molar-refractivity contribution in [3.8, 4) is 11.5 Å². The summed E-state index contributed by atoms with van der Waals surface area (Å²) < 4.78 is 6.61. The standard InChI is InChI=1S/C16H16ClN3OS/c1-11(20(2)10-13-8-9-14(17)22-13)15-18-19-16(21-15)12-6-4-3-5-7-12/h3-9,11H,10H2,1-2H3. The molecule has 0 radical (unpaired) electrons. The molecule has 0 aliphatic rings. The molecule has 0 fully saturated rings. The number of halogens is 1. The Morgan fingerprint density at radius 1 is 1.18 bits per heavy atom. The van der Waals surface area contributed by atoms with E-state index in [-0.39, 0.29) is 6.04 Å². The summed E-state index contributed by atoms with van der Waals surface area (Å²) in [6.07, 6.45) is 0. The zero-order chi connectivity index (χ0) is 15.5. The topological polar surface area (TPSA) is 42.2 Å². The predicted molar refractivity (Wildman–Crippen MR) is 88.9 cm³/mol. The van der Waals surface area contributed by atoms with E-state index < -0.39 is 0 Å². The minimum atomic E-state index is 0.0332. The molecule has 0 bridgehead atoms. The summed E-state index contributed by atoms with van der Waals surface area (Å²) in [4.78, 5) is 3.37. The van der Waals surface area contributed by atoms with E-state index in [1.807, 2.05) is 49.5 Å². The Morgan fingerprint density at radius 3 is 2.64 bits per heavy atom. The summed E-state index contributed by atoms with van der Waals surface area (Å²) in [5.74, 6) is 1.17.